The summed E-state index contributed by atoms with van der Waals surface area (Å²) >= 11 is 0. The fourth-order valence-electron chi connectivity index (χ4n) is 3.31. The Balaban J connectivity index is 3.18. The third kappa shape index (κ3) is 16.6. The van der Waals surface area contributed by atoms with Crippen molar-refractivity contribution in [2.24, 2.45) is 0 Å². The van der Waals surface area contributed by atoms with Gasteiger partial charge in [-0.2, -0.15) is 0 Å². The maximum atomic E-state index is 3.55. The van der Waals surface area contributed by atoms with Crippen LogP contribution >= 0.6 is 0 Å². The lowest BCUT2D eigenvalue weighted by Crippen LogP contribution is -2.41. The molecule has 0 aliphatic carbocycles. The molecule has 0 radical (unpaired) electrons. The monoisotopic (exact) mass is 326 g/mol. The van der Waals surface area contributed by atoms with E-state index in [4.69, 9.17) is 0 Å². The summed E-state index contributed by atoms with van der Waals surface area (Å²) in [4.78, 5) is 2.31. The lowest BCUT2D eigenvalue weighted by atomic mass is 10.0. The van der Waals surface area contributed by atoms with Gasteiger partial charge in [-0.25, -0.2) is 0 Å². The minimum absolute atomic E-state index is 0.567. The molecular weight excluding hydrogens is 280 g/mol. The van der Waals surface area contributed by atoms with E-state index >= 15 is 0 Å². The minimum atomic E-state index is 0.567. The molecule has 1 unspecified atom stereocenters. The summed E-state index contributed by atoms with van der Waals surface area (Å²) in [6.45, 7) is 5.56. The highest BCUT2D eigenvalue weighted by Crippen LogP contribution is 2.14. The molecule has 0 saturated heterocycles. The highest BCUT2D eigenvalue weighted by Gasteiger charge is 2.08. The van der Waals surface area contributed by atoms with E-state index in [9.17, 15) is 0 Å². The first-order valence-corrected chi connectivity index (χ1v) is 10.6. The summed E-state index contributed by atoms with van der Waals surface area (Å²) in [7, 11) is 4.36. The van der Waals surface area contributed by atoms with Gasteiger partial charge in [-0.3, -0.25) is 4.90 Å². The van der Waals surface area contributed by atoms with Gasteiger partial charge in [0.2, 0.25) is 0 Å². The van der Waals surface area contributed by atoms with Crippen LogP contribution in [0, 0.1) is 0 Å². The molecule has 0 aromatic carbocycles. The topological polar surface area (TPSA) is 15.3 Å². The second-order valence-corrected chi connectivity index (χ2v) is 7.42. The first-order valence-electron chi connectivity index (χ1n) is 10.6. The van der Waals surface area contributed by atoms with E-state index in [1.807, 2.05) is 0 Å². The van der Waals surface area contributed by atoms with Gasteiger partial charge in [0.25, 0.3) is 0 Å². The molecule has 0 spiro atoms. The van der Waals surface area contributed by atoms with Crippen LogP contribution in [0.3, 0.4) is 0 Å². The van der Waals surface area contributed by atoms with E-state index in [0.29, 0.717) is 6.17 Å². The van der Waals surface area contributed by atoms with Crippen LogP contribution in [0.5, 0.6) is 0 Å². The van der Waals surface area contributed by atoms with Crippen LogP contribution in [0.1, 0.15) is 110 Å². The van der Waals surface area contributed by atoms with Crippen molar-refractivity contribution in [3.63, 3.8) is 0 Å². The molecule has 2 nitrogen and oxygen atoms in total. The van der Waals surface area contributed by atoms with Crippen LogP contribution in [0.4, 0.5) is 0 Å². The van der Waals surface area contributed by atoms with Crippen LogP contribution in [0.25, 0.3) is 0 Å². The second-order valence-electron chi connectivity index (χ2n) is 7.42. The highest BCUT2D eigenvalue weighted by atomic mass is 15.2. The van der Waals surface area contributed by atoms with E-state index in [1.54, 1.807) is 0 Å². The van der Waals surface area contributed by atoms with Crippen molar-refractivity contribution in [3.8, 4) is 0 Å². The van der Waals surface area contributed by atoms with Crippen molar-refractivity contribution in [2.45, 2.75) is 116 Å². The maximum Gasteiger partial charge on any atom is 0.0591 e. The molecule has 0 fully saturated rings. The third-order valence-corrected chi connectivity index (χ3v) is 4.89. The SMILES string of the molecule is CCCCCCCCCCCCCCCCC(NCC)N(C)C. The van der Waals surface area contributed by atoms with E-state index < -0.39 is 0 Å². The fraction of sp³-hybridized carbons (Fsp3) is 1.00. The van der Waals surface area contributed by atoms with Crippen LogP contribution in [0.15, 0.2) is 0 Å². The average Bonchev–Trinajstić information content (AvgIpc) is 2.54. The number of hydrogen-bond acceptors (Lipinski definition) is 2. The third-order valence-electron chi connectivity index (χ3n) is 4.89. The molecule has 0 bridgehead atoms. The molecule has 0 aromatic heterocycles. The summed E-state index contributed by atoms with van der Waals surface area (Å²) in [5.41, 5.74) is 0. The number of rotatable bonds is 18. The molecule has 23 heavy (non-hydrogen) atoms. The lowest BCUT2D eigenvalue weighted by Gasteiger charge is -2.24. The van der Waals surface area contributed by atoms with E-state index in [1.165, 1.54) is 96.3 Å². The van der Waals surface area contributed by atoms with Gasteiger partial charge in [-0.05, 0) is 27.1 Å². The van der Waals surface area contributed by atoms with Gasteiger partial charge in [0.1, 0.15) is 0 Å². The summed E-state index contributed by atoms with van der Waals surface area (Å²) in [5, 5.41) is 3.55. The molecule has 0 aliphatic rings. The normalized spacial score (nSPS) is 12.9. The molecular formula is C21H46N2. The van der Waals surface area contributed by atoms with Crippen molar-refractivity contribution in [3.05, 3.63) is 0 Å². The average molecular weight is 327 g/mol. The molecule has 0 aliphatic heterocycles. The van der Waals surface area contributed by atoms with E-state index in [0.717, 1.165) is 6.54 Å². The standard InChI is InChI=1S/C21H46N2/c1-5-7-8-9-10-11-12-13-14-15-16-17-18-19-20-21(22-6-2)23(3)4/h21-22H,5-20H2,1-4H3. The van der Waals surface area contributed by atoms with Crippen molar-refractivity contribution in [2.75, 3.05) is 20.6 Å². The number of unbranched alkanes of at least 4 members (excludes halogenated alkanes) is 13. The van der Waals surface area contributed by atoms with Crippen LogP contribution in [0.2, 0.25) is 0 Å². The van der Waals surface area contributed by atoms with Crippen LogP contribution < -0.4 is 5.32 Å². The molecule has 0 amide bonds. The van der Waals surface area contributed by atoms with Crippen molar-refractivity contribution in [1.82, 2.24) is 10.2 Å². The number of nitrogens with zero attached hydrogens (tertiary/aromatic N) is 1. The van der Waals surface area contributed by atoms with Gasteiger partial charge < -0.3 is 5.32 Å². The Morgan fingerprint density at radius 2 is 1.00 bits per heavy atom. The summed E-state index contributed by atoms with van der Waals surface area (Å²) in [5.74, 6) is 0. The maximum absolute atomic E-state index is 3.55. The number of hydrogen-bond donors (Lipinski definition) is 1. The van der Waals surface area contributed by atoms with E-state index in [-0.39, 0.29) is 0 Å². The van der Waals surface area contributed by atoms with Gasteiger partial charge in [0, 0.05) is 0 Å². The Hall–Kier alpha value is -0.0800. The zero-order valence-corrected chi connectivity index (χ0v) is 16.8. The summed E-state index contributed by atoms with van der Waals surface area (Å²) < 4.78 is 0. The van der Waals surface area contributed by atoms with Gasteiger partial charge >= 0.3 is 0 Å². The van der Waals surface area contributed by atoms with E-state index in [2.05, 4.69) is 38.2 Å². The Bertz CT molecular complexity index is 216. The summed E-state index contributed by atoms with van der Waals surface area (Å²) in [6, 6.07) is 0. The molecule has 0 rings (SSSR count). The first-order chi connectivity index (χ1) is 11.2. The minimum Gasteiger partial charge on any atom is -0.302 e. The summed E-state index contributed by atoms with van der Waals surface area (Å²) in [6.07, 6.45) is 22.1. The Kier molecular flexibility index (Phi) is 18.2. The van der Waals surface area contributed by atoms with Crippen molar-refractivity contribution >= 4 is 0 Å². The van der Waals surface area contributed by atoms with Gasteiger partial charge in [0.05, 0.1) is 6.17 Å². The fourth-order valence-corrected chi connectivity index (χ4v) is 3.31. The Morgan fingerprint density at radius 3 is 1.35 bits per heavy atom. The van der Waals surface area contributed by atoms with Gasteiger partial charge in [-0.15, -0.1) is 0 Å². The Labute approximate surface area is 147 Å². The van der Waals surface area contributed by atoms with Gasteiger partial charge in [-0.1, -0.05) is 104 Å². The lowest BCUT2D eigenvalue weighted by molar-refractivity contribution is 0.230. The predicted molar refractivity (Wildman–Crippen MR) is 106 cm³/mol. The van der Waals surface area contributed by atoms with Crippen LogP contribution in [-0.4, -0.2) is 31.7 Å². The smallest absolute Gasteiger partial charge is 0.0591 e. The zero-order chi connectivity index (χ0) is 17.2. The van der Waals surface area contributed by atoms with Crippen molar-refractivity contribution in [1.29, 1.82) is 0 Å². The van der Waals surface area contributed by atoms with Crippen molar-refractivity contribution < 1.29 is 0 Å². The molecule has 2 heteroatoms. The van der Waals surface area contributed by atoms with Crippen LogP contribution in [-0.2, 0) is 0 Å². The molecule has 1 atom stereocenters. The molecule has 0 heterocycles. The second kappa shape index (κ2) is 18.3. The molecule has 1 N–H and O–H groups in total. The molecule has 0 saturated carbocycles. The largest absolute Gasteiger partial charge is 0.302 e. The molecule has 0 aromatic rings. The first kappa shape index (κ1) is 22.9. The highest BCUT2D eigenvalue weighted by molar-refractivity contribution is 4.62. The number of nitrogens with one attached hydrogen (secondary N) is 1. The predicted octanol–water partition coefficient (Wildman–Crippen LogP) is 6.36. The molecule has 140 valence electrons. The van der Waals surface area contributed by atoms with Gasteiger partial charge in [0.15, 0.2) is 0 Å². The Morgan fingerprint density at radius 1 is 0.609 bits per heavy atom. The zero-order valence-electron chi connectivity index (χ0n) is 16.8. The quantitative estimate of drug-likeness (QED) is 0.233.